The molecule has 0 heterocycles. The van der Waals surface area contributed by atoms with Gasteiger partial charge in [-0.3, -0.25) is 4.79 Å². The number of hydrogen-bond donors (Lipinski definition) is 1. The van der Waals surface area contributed by atoms with Crippen molar-refractivity contribution >= 4 is 5.91 Å². The number of aliphatic hydroxyl groups is 1. The van der Waals surface area contributed by atoms with E-state index < -0.39 is 6.10 Å². The molecular formula is C14H21NO3. The van der Waals surface area contributed by atoms with Crippen molar-refractivity contribution in [2.45, 2.75) is 25.9 Å². The Morgan fingerprint density at radius 3 is 2.44 bits per heavy atom. The van der Waals surface area contributed by atoms with E-state index in [-0.39, 0.29) is 5.91 Å². The zero-order valence-corrected chi connectivity index (χ0v) is 11.2. The van der Waals surface area contributed by atoms with Gasteiger partial charge in [-0.2, -0.15) is 0 Å². The fraction of sp³-hybridized carbons (Fsp3) is 0.500. The van der Waals surface area contributed by atoms with Gasteiger partial charge in [0, 0.05) is 14.1 Å². The van der Waals surface area contributed by atoms with Gasteiger partial charge in [0.25, 0.3) is 0 Å². The van der Waals surface area contributed by atoms with E-state index in [1.807, 2.05) is 31.2 Å². The van der Waals surface area contributed by atoms with E-state index in [4.69, 9.17) is 4.74 Å². The van der Waals surface area contributed by atoms with E-state index in [0.717, 1.165) is 5.56 Å². The predicted molar refractivity (Wildman–Crippen MR) is 70.5 cm³/mol. The van der Waals surface area contributed by atoms with Gasteiger partial charge < -0.3 is 14.7 Å². The van der Waals surface area contributed by atoms with Crippen LogP contribution < -0.4 is 4.74 Å². The van der Waals surface area contributed by atoms with Crippen molar-refractivity contribution < 1.29 is 14.6 Å². The maximum absolute atomic E-state index is 11.3. The van der Waals surface area contributed by atoms with Crippen LogP contribution in [0.5, 0.6) is 5.75 Å². The number of rotatable bonds is 6. The average Bonchev–Trinajstić information content (AvgIpc) is 2.38. The van der Waals surface area contributed by atoms with Crippen LogP contribution >= 0.6 is 0 Å². The number of carbonyl (C=O) groups is 1. The third-order valence-electron chi connectivity index (χ3n) is 2.74. The van der Waals surface area contributed by atoms with Crippen LogP contribution in [0, 0.1) is 0 Å². The summed E-state index contributed by atoms with van der Waals surface area (Å²) in [6, 6.07) is 7.32. The van der Waals surface area contributed by atoms with Gasteiger partial charge in [-0.15, -0.1) is 0 Å². The first-order valence-corrected chi connectivity index (χ1v) is 6.15. The van der Waals surface area contributed by atoms with E-state index in [1.54, 1.807) is 19.0 Å². The molecule has 0 aliphatic heterocycles. The maximum Gasteiger partial charge on any atom is 0.225 e. The normalized spacial score (nSPS) is 12.0. The highest BCUT2D eigenvalue weighted by atomic mass is 16.5. The van der Waals surface area contributed by atoms with Crippen LogP contribution in [0.2, 0.25) is 0 Å². The molecule has 1 N–H and O–H groups in total. The Morgan fingerprint density at radius 1 is 1.33 bits per heavy atom. The molecule has 0 saturated carbocycles. The lowest BCUT2D eigenvalue weighted by Gasteiger charge is -2.12. The Kier molecular flexibility index (Phi) is 5.65. The molecule has 0 spiro atoms. The molecule has 4 heteroatoms. The van der Waals surface area contributed by atoms with Crippen LogP contribution in [0.15, 0.2) is 24.3 Å². The summed E-state index contributed by atoms with van der Waals surface area (Å²) in [6.07, 6.45) is 0.638. The second-order valence-corrected chi connectivity index (χ2v) is 4.38. The van der Waals surface area contributed by atoms with Crippen LogP contribution in [0.25, 0.3) is 0 Å². The molecule has 1 aromatic rings. The number of amides is 1. The molecule has 0 fully saturated rings. The number of ether oxygens (including phenoxy) is 1. The van der Waals surface area contributed by atoms with Crippen molar-refractivity contribution in [1.82, 2.24) is 4.90 Å². The lowest BCUT2D eigenvalue weighted by Crippen LogP contribution is -2.23. The summed E-state index contributed by atoms with van der Waals surface area (Å²) in [5, 5.41) is 9.64. The first-order valence-electron chi connectivity index (χ1n) is 6.15. The Balaban J connectivity index is 2.42. The second-order valence-electron chi connectivity index (χ2n) is 4.38. The van der Waals surface area contributed by atoms with Crippen LogP contribution in [-0.4, -0.2) is 36.6 Å². The monoisotopic (exact) mass is 251 g/mol. The third kappa shape index (κ3) is 4.37. The third-order valence-corrected chi connectivity index (χ3v) is 2.74. The van der Waals surface area contributed by atoms with E-state index in [1.165, 1.54) is 0 Å². The number of benzene rings is 1. The molecule has 0 aliphatic rings. The van der Waals surface area contributed by atoms with Gasteiger partial charge >= 0.3 is 0 Å². The first kappa shape index (κ1) is 14.5. The lowest BCUT2D eigenvalue weighted by molar-refractivity contribution is -0.129. The van der Waals surface area contributed by atoms with Crippen molar-refractivity contribution in [1.29, 1.82) is 0 Å². The highest BCUT2D eigenvalue weighted by Gasteiger charge is 2.06. The van der Waals surface area contributed by atoms with Crippen molar-refractivity contribution in [3.8, 4) is 5.75 Å². The molecule has 4 nitrogen and oxygen atoms in total. The molecule has 18 heavy (non-hydrogen) atoms. The smallest absolute Gasteiger partial charge is 0.225 e. The molecule has 100 valence electrons. The van der Waals surface area contributed by atoms with E-state index in [9.17, 15) is 9.90 Å². The van der Waals surface area contributed by atoms with Gasteiger partial charge in [0.05, 0.1) is 19.1 Å². The van der Waals surface area contributed by atoms with Gasteiger partial charge in [0.2, 0.25) is 5.91 Å². The summed E-state index contributed by atoms with van der Waals surface area (Å²) in [5.41, 5.74) is 0.884. The molecular weight excluding hydrogens is 230 g/mol. The maximum atomic E-state index is 11.3. The first-order chi connectivity index (χ1) is 8.54. The van der Waals surface area contributed by atoms with Gasteiger partial charge in [-0.05, 0) is 24.1 Å². The summed E-state index contributed by atoms with van der Waals surface area (Å²) >= 11 is 0. The Bertz CT molecular complexity index is 373. The van der Waals surface area contributed by atoms with Gasteiger partial charge in [-0.1, -0.05) is 19.1 Å². The van der Waals surface area contributed by atoms with Crippen molar-refractivity contribution in [3.63, 3.8) is 0 Å². The minimum atomic E-state index is -0.422. The average molecular weight is 251 g/mol. The molecule has 1 atom stereocenters. The van der Waals surface area contributed by atoms with Crippen LogP contribution in [0.4, 0.5) is 0 Å². The lowest BCUT2D eigenvalue weighted by atomic mass is 10.1. The Morgan fingerprint density at radius 2 is 1.94 bits per heavy atom. The number of hydrogen-bond acceptors (Lipinski definition) is 3. The molecule has 1 amide bonds. The number of nitrogens with zero attached hydrogens (tertiary/aromatic N) is 1. The molecule has 0 saturated heterocycles. The zero-order chi connectivity index (χ0) is 13.5. The summed E-state index contributed by atoms with van der Waals surface area (Å²) in [5.74, 6) is 0.765. The molecule has 0 bridgehead atoms. The second kappa shape index (κ2) is 7.01. The zero-order valence-electron chi connectivity index (χ0n) is 11.2. The van der Waals surface area contributed by atoms with Crippen LogP contribution in [0.1, 0.15) is 31.4 Å². The minimum absolute atomic E-state index is 0.0491. The highest BCUT2D eigenvalue weighted by Crippen LogP contribution is 2.19. The summed E-state index contributed by atoms with van der Waals surface area (Å²) in [4.78, 5) is 12.9. The minimum Gasteiger partial charge on any atom is -0.493 e. The molecule has 1 unspecified atom stereocenters. The topological polar surface area (TPSA) is 49.8 Å². The number of aliphatic hydroxyl groups excluding tert-OH is 1. The van der Waals surface area contributed by atoms with E-state index in [0.29, 0.717) is 25.2 Å². The van der Waals surface area contributed by atoms with Crippen LogP contribution in [0.3, 0.4) is 0 Å². The molecule has 1 rings (SSSR count). The summed E-state index contributed by atoms with van der Waals surface area (Å²) < 4.78 is 5.47. The van der Waals surface area contributed by atoms with Gasteiger partial charge in [-0.25, -0.2) is 0 Å². The number of carbonyl (C=O) groups excluding carboxylic acids is 1. The molecule has 1 aromatic carbocycles. The van der Waals surface area contributed by atoms with Crippen molar-refractivity contribution in [2.75, 3.05) is 20.7 Å². The Hall–Kier alpha value is -1.55. The largest absolute Gasteiger partial charge is 0.493 e. The summed E-state index contributed by atoms with van der Waals surface area (Å²) in [6.45, 7) is 2.30. The van der Waals surface area contributed by atoms with Gasteiger partial charge in [0.1, 0.15) is 5.75 Å². The van der Waals surface area contributed by atoms with Crippen LogP contribution in [-0.2, 0) is 4.79 Å². The van der Waals surface area contributed by atoms with Crippen molar-refractivity contribution in [2.24, 2.45) is 0 Å². The predicted octanol–water partition coefficient (Wildman–Crippen LogP) is 1.99. The fourth-order valence-electron chi connectivity index (χ4n) is 1.50. The molecule has 0 aromatic heterocycles. The highest BCUT2D eigenvalue weighted by molar-refractivity contribution is 5.75. The summed E-state index contributed by atoms with van der Waals surface area (Å²) in [7, 11) is 3.45. The molecule has 0 radical (unpaired) electrons. The van der Waals surface area contributed by atoms with Gasteiger partial charge in [0.15, 0.2) is 0 Å². The Labute approximate surface area is 108 Å². The fourth-order valence-corrected chi connectivity index (χ4v) is 1.50. The van der Waals surface area contributed by atoms with E-state index in [2.05, 4.69) is 0 Å². The van der Waals surface area contributed by atoms with E-state index >= 15 is 0 Å². The SMILES string of the molecule is CCC(O)c1ccc(OCCC(=O)N(C)C)cc1. The standard InChI is InChI=1S/C14H21NO3/c1-4-13(16)11-5-7-12(8-6-11)18-10-9-14(17)15(2)3/h5-8,13,16H,4,9-10H2,1-3H3. The van der Waals surface area contributed by atoms with Crippen molar-refractivity contribution in [3.05, 3.63) is 29.8 Å². The molecule has 0 aliphatic carbocycles. The quantitative estimate of drug-likeness (QED) is 0.841.